The van der Waals surface area contributed by atoms with Crippen LogP contribution < -0.4 is 4.74 Å². The van der Waals surface area contributed by atoms with Crippen molar-refractivity contribution in [2.24, 2.45) is 4.99 Å². The predicted octanol–water partition coefficient (Wildman–Crippen LogP) is 6.41. The van der Waals surface area contributed by atoms with E-state index in [0.29, 0.717) is 20.3 Å². The maximum atomic E-state index is 14.0. The van der Waals surface area contributed by atoms with Gasteiger partial charge < -0.3 is 9.47 Å². The van der Waals surface area contributed by atoms with Gasteiger partial charge in [-0.15, -0.1) is 0 Å². The van der Waals surface area contributed by atoms with E-state index in [9.17, 15) is 13.6 Å². The Bertz CT molecular complexity index is 1200. The number of carbonyl (C=O) groups is 1. The zero-order valence-electron chi connectivity index (χ0n) is 15.7. The molecule has 1 aliphatic rings. The third kappa shape index (κ3) is 4.91. The summed E-state index contributed by atoms with van der Waals surface area (Å²) in [7, 11) is 0. The minimum absolute atomic E-state index is 0.0528. The fourth-order valence-corrected chi connectivity index (χ4v) is 4.30. The highest BCUT2D eigenvalue weighted by atomic mass is 79.9. The fourth-order valence-electron chi connectivity index (χ4n) is 2.85. The molecular weight excluding hydrogens is 536 g/mol. The third-order valence-electron chi connectivity index (χ3n) is 4.35. The molecule has 3 aromatic carbocycles. The molecule has 1 heterocycles. The van der Waals surface area contributed by atoms with Crippen molar-refractivity contribution in [1.82, 2.24) is 0 Å². The molecule has 0 unspecified atom stereocenters. The molecule has 0 N–H and O–H groups in total. The van der Waals surface area contributed by atoms with Crippen LogP contribution in [0.1, 0.15) is 16.7 Å². The highest BCUT2D eigenvalue weighted by Gasteiger charge is 2.26. The van der Waals surface area contributed by atoms with Gasteiger partial charge in [0.15, 0.2) is 5.70 Å². The Morgan fingerprint density at radius 3 is 2.35 bits per heavy atom. The fraction of sp³-hybridized carbons (Fsp3) is 0.0435. The van der Waals surface area contributed by atoms with Crippen molar-refractivity contribution in [2.75, 3.05) is 0 Å². The molecule has 1 aliphatic heterocycles. The first-order valence-electron chi connectivity index (χ1n) is 9.04. The third-order valence-corrected chi connectivity index (χ3v) is 5.52. The number of halogens is 4. The number of benzene rings is 3. The van der Waals surface area contributed by atoms with Crippen LogP contribution in [-0.4, -0.2) is 11.9 Å². The molecule has 0 saturated heterocycles. The van der Waals surface area contributed by atoms with Gasteiger partial charge >= 0.3 is 5.97 Å². The molecule has 0 spiro atoms. The van der Waals surface area contributed by atoms with E-state index in [2.05, 4.69) is 36.9 Å². The summed E-state index contributed by atoms with van der Waals surface area (Å²) in [5.74, 6) is -1.02. The first-order chi connectivity index (χ1) is 14.9. The van der Waals surface area contributed by atoms with Gasteiger partial charge in [-0.25, -0.2) is 18.6 Å². The highest BCUT2D eigenvalue weighted by molar-refractivity contribution is 9.11. The standard InChI is InChI=1S/C23H13Br2F2NO3/c24-17-9-14(10-18(25)21(17)30-12-13-5-7-15(26)8-6-13)11-20-23(29)31-22(28-20)16-3-1-2-4-19(16)27/h1-11H,12H2/b20-11-. The average Bonchev–Trinajstić information content (AvgIpc) is 3.09. The SMILES string of the molecule is O=C1OC(c2ccccc2F)=N/C1=C\c1cc(Br)c(OCc2ccc(F)cc2)c(Br)c1. The molecule has 4 rings (SSSR count). The van der Waals surface area contributed by atoms with Gasteiger partial charge in [0.2, 0.25) is 5.90 Å². The van der Waals surface area contributed by atoms with E-state index < -0.39 is 11.8 Å². The minimum Gasteiger partial charge on any atom is -0.487 e. The molecule has 3 aromatic rings. The summed E-state index contributed by atoms with van der Waals surface area (Å²) in [6, 6.07) is 15.5. The lowest BCUT2D eigenvalue weighted by Gasteiger charge is -2.11. The van der Waals surface area contributed by atoms with Crippen LogP contribution in [0, 0.1) is 11.6 Å². The van der Waals surface area contributed by atoms with Gasteiger partial charge in [-0.05, 0) is 85.5 Å². The van der Waals surface area contributed by atoms with Gasteiger partial charge in [0.25, 0.3) is 0 Å². The Hall–Kier alpha value is -2.84. The second-order valence-electron chi connectivity index (χ2n) is 6.54. The van der Waals surface area contributed by atoms with E-state index in [-0.39, 0.29) is 29.6 Å². The van der Waals surface area contributed by atoms with Gasteiger partial charge in [-0.3, -0.25) is 0 Å². The Balaban J connectivity index is 1.56. The topological polar surface area (TPSA) is 47.9 Å². The Morgan fingerprint density at radius 2 is 1.68 bits per heavy atom. The number of hydrogen-bond donors (Lipinski definition) is 0. The van der Waals surface area contributed by atoms with E-state index in [1.807, 2.05) is 0 Å². The van der Waals surface area contributed by atoms with Crippen LogP contribution >= 0.6 is 31.9 Å². The number of ether oxygens (including phenoxy) is 2. The number of cyclic esters (lactones) is 1. The quantitative estimate of drug-likeness (QED) is 0.273. The number of nitrogens with zero attached hydrogens (tertiary/aromatic N) is 1. The molecule has 8 heteroatoms. The summed E-state index contributed by atoms with van der Waals surface area (Å²) in [5, 5.41) is 0. The van der Waals surface area contributed by atoms with Gasteiger partial charge in [-0.1, -0.05) is 24.3 Å². The molecule has 0 aromatic heterocycles. The summed E-state index contributed by atoms with van der Waals surface area (Å²) < 4.78 is 39.2. The number of rotatable bonds is 5. The summed E-state index contributed by atoms with van der Waals surface area (Å²) in [6.45, 7) is 0.251. The van der Waals surface area contributed by atoms with Crippen LogP contribution in [0.15, 0.2) is 80.3 Å². The maximum Gasteiger partial charge on any atom is 0.363 e. The lowest BCUT2D eigenvalue weighted by molar-refractivity contribution is -0.129. The summed E-state index contributed by atoms with van der Waals surface area (Å²) in [5.41, 5.74) is 1.64. The molecule has 0 aliphatic carbocycles. The zero-order valence-corrected chi connectivity index (χ0v) is 18.9. The summed E-state index contributed by atoms with van der Waals surface area (Å²) in [4.78, 5) is 16.3. The van der Waals surface area contributed by atoms with Gasteiger partial charge in [0.05, 0.1) is 14.5 Å². The van der Waals surface area contributed by atoms with Crippen LogP contribution in [0.5, 0.6) is 5.75 Å². The lowest BCUT2D eigenvalue weighted by Crippen LogP contribution is -2.07. The maximum absolute atomic E-state index is 14.0. The van der Waals surface area contributed by atoms with E-state index in [4.69, 9.17) is 9.47 Å². The minimum atomic E-state index is -0.665. The van der Waals surface area contributed by atoms with Crippen molar-refractivity contribution >= 4 is 49.8 Å². The summed E-state index contributed by atoms with van der Waals surface area (Å²) in [6.07, 6.45) is 1.54. The van der Waals surface area contributed by atoms with Crippen LogP contribution in [0.2, 0.25) is 0 Å². The Morgan fingerprint density at radius 1 is 1.00 bits per heavy atom. The second kappa shape index (κ2) is 9.11. The molecule has 0 radical (unpaired) electrons. The van der Waals surface area contributed by atoms with E-state index in [0.717, 1.165) is 5.56 Å². The van der Waals surface area contributed by atoms with Crippen LogP contribution in [0.3, 0.4) is 0 Å². The second-order valence-corrected chi connectivity index (χ2v) is 8.25. The van der Waals surface area contributed by atoms with Crippen molar-refractivity contribution in [3.8, 4) is 5.75 Å². The lowest BCUT2D eigenvalue weighted by atomic mass is 10.2. The number of hydrogen-bond acceptors (Lipinski definition) is 4. The van der Waals surface area contributed by atoms with Crippen molar-refractivity contribution in [3.63, 3.8) is 0 Å². The number of esters is 1. The van der Waals surface area contributed by atoms with Crippen molar-refractivity contribution in [1.29, 1.82) is 0 Å². The zero-order chi connectivity index (χ0) is 22.0. The van der Waals surface area contributed by atoms with Crippen LogP contribution in [0.25, 0.3) is 6.08 Å². The number of carbonyl (C=O) groups excluding carboxylic acids is 1. The van der Waals surface area contributed by atoms with Crippen LogP contribution in [0.4, 0.5) is 8.78 Å². The largest absolute Gasteiger partial charge is 0.487 e. The molecule has 0 amide bonds. The molecule has 156 valence electrons. The van der Waals surface area contributed by atoms with E-state index in [1.54, 1.807) is 36.4 Å². The van der Waals surface area contributed by atoms with Crippen LogP contribution in [-0.2, 0) is 16.1 Å². The molecular formula is C23H13Br2F2NO3. The first kappa shape index (κ1) is 21.4. The highest BCUT2D eigenvalue weighted by Crippen LogP contribution is 2.36. The van der Waals surface area contributed by atoms with E-state index >= 15 is 0 Å². The Kier molecular flexibility index (Phi) is 6.29. The smallest absolute Gasteiger partial charge is 0.363 e. The van der Waals surface area contributed by atoms with E-state index in [1.165, 1.54) is 30.3 Å². The predicted molar refractivity (Wildman–Crippen MR) is 120 cm³/mol. The Labute approximate surface area is 193 Å². The van der Waals surface area contributed by atoms with Crippen molar-refractivity contribution in [2.45, 2.75) is 6.61 Å². The summed E-state index contributed by atoms with van der Waals surface area (Å²) >= 11 is 6.92. The van der Waals surface area contributed by atoms with Crippen molar-refractivity contribution < 1.29 is 23.0 Å². The van der Waals surface area contributed by atoms with Gasteiger partial charge in [0, 0.05) is 0 Å². The monoisotopic (exact) mass is 547 g/mol. The normalized spacial score (nSPS) is 14.5. The molecule has 0 fully saturated rings. The molecule has 31 heavy (non-hydrogen) atoms. The van der Waals surface area contributed by atoms with Crippen molar-refractivity contribution in [3.05, 3.63) is 104 Å². The molecule has 4 nitrogen and oxygen atoms in total. The molecule has 0 bridgehead atoms. The molecule has 0 saturated carbocycles. The number of aliphatic imine (C=N–C) groups is 1. The van der Waals surface area contributed by atoms with Gasteiger partial charge in [0.1, 0.15) is 24.0 Å². The first-order valence-corrected chi connectivity index (χ1v) is 10.6. The molecule has 0 atom stereocenters. The van der Waals surface area contributed by atoms with Gasteiger partial charge in [-0.2, -0.15) is 0 Å². The average molecular weight is 549 g/mol.